The summed E-state index contributed by atoms with van der Waals surface area (Å²) in [6, 6.07) is 9.77. The normalized spacial score (nSPS) is 14.1. The third-order valence-corrected chi connectivity index (χ3v) is 5.75. The number of anilines is 2. The van der Waals surface area contributed by atoms with Crippen molar-refractivity contribution in [3.63, 3.8) is 0 Å². The van der Waals surface area contributed by atoms with Crippen LogP contribution >= 0.6 is 0 Å². The summed E-state index contributed by atoms with van der Waals surface area (Å²) in [5.74, 6) is -0.261. The minimum atomic E-state index is -0.261. The molecule has 1 aromatic carbocycles. The molecule has 0 unspecified atom stereocenters. The SMILES string of the molecule is C=O.CNc1cc(CN2CCN(c3ccc(C)nc3C)CC2)cc(F)c1-n1nccc1C. The molecule has 2 aromatic heterocycles. The fourth-order valence-electron chi connectivity index (χ4n) is 4.17. The number of pyridine rings is 1. The number of aromatic nitrogens is 3. The number of benzene rings is 1. The number of carbonyl (C=O) groups is 1. The zero-order valence-corrected chi connectivity index (χ0v) is 19.2. The fraction of sp³-hybridized carbons (Fsp3) is 0.375. The monoisotopic (exact) mass is 438 g/mol. The van der Waals surface area contributed by atoms with Gasteiger partial charge in [0.25, 0.3) is 0 Å². The van der Waals surface area contributed by atoms with Gasteiger partial charge in [-0.1, -0.05) is 0 Å². The molecule has 0 spiro atoms. The molecule has 3 heterocycles. The van der Waals surface area contributed by atoms with Gasteiger partial charge in [-0.3, -0.25) is 9.88 Å². The van der Waals surface area contributed by atoms with Gasteiger partial charge < -0.3 is 15.0 Å². The number of nitrogens with zero attached hydrogens (tertiary/aromatic N) is 5. The van der Waals surface area contributed by atoms with E-state index >= 15 is 4.39 Å². The molecular formula is C24H31FN6O. The van der Waals surface area contributed by atoms with Gasteiger partial charge in [0.1, 0.15) is 12.5 Å². The zero-order chi connectivity index (χ0) is 23.3. The number of piperazine rings is 1. The molecule has 1 N–H and O–H groups in total. The second-order valence-corrected chi connectivity index (χ2v) is 7.93. The van der Waals surface area contributed by atoms with E-state index in [-0.39, 0.29) is 5.82 Å². The maximum Gasteiger partial charge on any atom is 0.151 e. The van der Waals surface area contributed by atoms with Crippen LogP contribution < -0.4 is 10.2 Å². The summed E-state index contributed by atoms with van der Waals surface area (Å²) in [5.41, 5.74) is 6.41. The van der Waals surface area contributed by atoms with Crippen LogP contribution in [0, 0.1) is 26.6 Å². The lowest BCUT2D eigenvalue weighted by Gasteiger charge is -2.36. The second-order valence-electron chi connectivity index (χ2n) is 7.93. The first-order valence-corrected chi connectivity index (χ1v) is 10.7. The quantitative estimate of drug-likeness (QED) is 0.658. The standard InChI is InChI=1S/C23H29FN6.CH2O/c1-16-5-6-22(18(3)27-16)29-11-9-28(10-12-29)15-19-13-20(24)23(21(14-19)25-4)30-17(2)7-8-26-30;1-2/h5-8,13-14,25H,9-12,15H2,1-4H3;1H2. The Labute approximate surface area is 188 Å². The van der Waals surface area contributed by atoms with Gasteiger partial charge in [0.15, 0.2) is 5.82 Å². The van der Waals surface area contributed by atoms with Crippen LogP contribution in [0.1, 0.15) is 22.6 Å². The van der Waals surface area contributed by atoms with Gasteiger partial charge in [-0.15, -0.1) is 0 Å². The van der Waals surface area contributed by atoms with Gasteiger partial charge in [-0.25, -0.2) is 9.07 Å². The number of nitrogens with one attached hydrogen (secondary N) is 1. The smallest absolute Gasteiger partial charge is 0.151 e. The minimum Gasteiger partial charge on any atom is -0.386 e. The highest BCUT2D eigenvalue weighted by Crippen LogP contribution is 2.27. The largest absolute Gasteiger partial charge is 0.386 e. The predicted molar refractivity (Wildman–Crippen MR) is 126 cm³/mol. The average Bonchev–Trinajstić information content (AvgIpc) is 3.21. The molecule has 1 saturated heterocycles. The van der Waals surface area contributed by atoms with E-state index in [4.69, 9.17) is 4.79 Å². The number of carbonyl (C=O) groups excluding carboxylic acids is 1. The molecule has 170 valence electrons. The lowest BCUT2D eigenvalue weighted by atomic mass is 10.1. The molecule has 3 aromatic rings. The fourth-order valence-corrected chi connectivity index (χ4v) is 4.17. The van der Waals surface area contributed by atoms with Gasteiger partial charge in [0.05, 0.1) is 17.1 Å². The Morgan fingerprint density at radius 2 is 1.78 bits per heavy atom. The van der Waals surface area contributed by atoms with Crippen LogP contribution in [0.15, 0.2) is 36.5 Å². The van der Waals surface area contributed by atoms with E-state index in [0.29, 0.717) is 5.69 Å². The van der Waals surface area contributed by atoms with Crippen LogP contribution in [0.2, 0.25) is 0 Å². The van der Waals surface area contributed by atoms with Crippen molar-refractivity contribution in [3.8, 4) is 5.69 Å². The molecule has 1 fully saturated rings. The third-order valence-electron chi connectivity index (χ3n) is 5.75. The van der Waals surface area contributed by atoms with Crippen molar-refractivity contribution in [2.45, 2.75) is 27.3 Å². The Kier molecular flexibility index (Phi) is 7.58. The lowest BCUT2D eigenvalue weighted by molar-refractivity contribution is -0.0979. The molecule has 0 aliphatic carbocycles. The van der Waals surface area contributed by atoms with E-state index in [1.807, 2.05) is 39.8 Å². The second kappa shape index (κ2) is 10.4. The van der Waals surface area contributed by atoms with E-state index in [1.54, 1.807) is 16.9 Å². The van der Waals surface area contributed by atoms with Crippen molar-refractivity contribution in [2.24, 2.45) is 0 Å². The summed E-state index contributed by atoms with van der Waals surface area (Å²) in [6.07, 6.45) is 1.69. The molecule has 32 heavy (non-hydrogen) atoms. The van der Waals surface area contributed by atoms with Crippen LogP contribution in [-0.4, -0.2) is 59.7 Å². The van der Waals surface area contributed by atoms with Crippen molar-refractivity contribution in [2.75, 3.05) is 43.4 Å². The Bertz CT molecular complexity index is 1060. The summed E-state index contributed by atoms with van der Waals surface area (Å²) >= 11 is 0. The van der Waals surface area contributed by atoms with Crippen LogP contribution in [0.4, 0.5) is 15.8 Å². The summed E-state index contributed by atoms with van der Waals surface area (Å²) in [6.45, 7) is 12.5. The molecule has 4 rings (SSSR count). The zero-order valence-electron chi connectivity index (χ0n) is 19.2. The van der Waals surface area contributed by atoms with Crippen molar-refractivity contribution >= 4 is 18.2 Å². The van der Waals surface area contributed by atoms with Crippen molar-refractivity contribution in [1.29, 1.82) is 0 Å². The Morgan fingerprint density at radius 1 is 1.06 bits per heavy atom. The molecule has 7 nitrogen and oxygen atoms in total. The molecule has 1 aliphatic heterocycles. The predicted octanol–water partition coefficient (Wildman–Crippen LogP) is 3.51. The van der Waals surface area contributed by atoms with E-state index in [1.165, 1.54) is 5.69 Å². The van der Waals surface area contributed by atoms with Gasteiger partial charge in [0, 0.05) is 57.4 Å². The first-order chi connectivity index (χ1) is 15.5. The number of aryl methyl sites for hydroxylation is 3. The first-order valence-electron chi connectivity index (χ1n) is 10.7. The number of rotatable bonds is 5. The van der Waals surface area contributed by atoms with Gasteiger partial charge in [-0.2, -0.15) is 5.10 Å². The molecular weight excluding hydrogens is 407 g/mol. The van der Waals surface area contributed by atoms with Crippen LogP contribution in [0.3, 0.4) is 0 Å². The van der Waals surface area contributed by atoms with Gasteiger partial charge in [0.2, 0.25) is 0 Å². The molecule has 0 radical (unpaired) electrons. The minimum absolute atomic E-state index is 0.261. The van der Waals surface area contributed by atoms with E-state index in [9.17, 15) is 0 Å². The molecule has 0 bridgehead atoms. The highest BCUT2D eigenvalue weighted by atomic mass is 19.1. The third kappa shape index (κ3) is 4.96. The van der Waals surface area contributed by atoms with Crippen LogP contribution in [-0.2, 0) is 11.3 Å². The molecule has 0 saturated carbocycles. The first kappa shape index (κ1) is 23.4. The highest BCUT2D eigenvalue weighted by Gasteiger charge is 2.21. The molecule has 0 amide bonds. The summed E-state index contributed by atoms with van der Waals surface area (Å²) in [4.78, 5) is 17.4. The van der Waals surface area contributed by atoms with E-state index in [0.717, 1.165) is 61.1 Å². The summed E-state index contributed by atoms with van der Waals surface area (Å²) < 4.78 is 16.7. The van der Waals surface area contributed by atoms with Crippen LogP contribution in [0.25, 0.3) is 5.69 Å². The number of halogens is 1. The van der Waals surface area contributed by atoms with Gasteiger partial charge in [-0.05, 0) is 56.7 Å². The topological polar surface area (TPSA) is 66.3 Å². The molecule has 1 aliphatic rings. The maximum atomic E-state index is 15.0. The average molecular weight is 439 g/mol. The number of hydrogen-bond donors (Lipinski definition) is 1. The Hall–Kier alpha value is -3.26. The van der Waals surface area contributed by atoms with Crippen molar-refractivity contribution < 1.29 is 9.18 Å². The van der Waals surface area contributed by atoms with E-state index in [2.05, 4.69) is 44.3 Å². The Balaban J connectivity index is 0.00000141. The van der Waals surface area contributed by atoms with E-state index < -0.39 is 0 Å². The van der Waals surface area contributed by atoms with Gasteiger partial charge >= 0.3 is 0 Å². The molecule has 8 heteroatoms. The van der Waals surface area contributed by atoms with Crippen molar-refractivity contribution in [3.05, 3.63) is 65.0 Å². The molecule has 0 atom stereocenters. The summed E-state index contributed by atoms with van der Waals surface area (Å²) in [5, 5.41) is 7.40. The van der Waals surface area contributed by atoms with Crippen molar-refractivity contribution in [1.82, 2.24) is 19.7 Å². The summed E-state index contributed by atoms with van der Waals surface area (Å²) in [7, 11) is 1.82. The van der Waals surface area contributed by atoms with Crippen LogP contribution in [0.5, 0.6) is 0 Å². The highest BCUT2D eigenvalue weighted by molar-refractivity contribution is 5.63. The number of hydrogen-bond acceptors (Lipinski definition) is 6. The lowest BCUT2D eigenvalue weighted by Crippen LogP contribution is -2.46. The maximum absolute atomic E-state index is 15.0. The Morgan fingerprint density at radius 3 is 2.38 bits per heavy atom.